The maximum Gasteiger partial charge on any atom is 0.253 e. The number of hydrogen-bond donors (Lipinski definition) is 1. The highest BCUT2D eigenvalue weighted by Crippen LogP contribution is 2.30. The number of amides is 1. The Morgan fingerprint density at radius 2 is 2.33 bits per heavy atom. The number of nitrogens with two attached hydrogens (primary N) is 1. The van der Waals surface area contributed by atoms with Crippen LogP contribution in [0.5, 0.6) is 0 Å². The van der Waals surface area contributed by atoms with E-state index < -0.39 is 0 Å². The minimum absolute atomic E-state index is 0.112. The van der Waals surface area contributed by atoms with Crippen LogP contribution in [0.4, 0.5) is 0 Å². The third-order valence-corrected chi connectivity index (χ3v) is 3.23. The molecule has 0 bridgehead atoms. The Morgan fingerprint density at radius 3 is 2.94 bits per heavy atom. The van der Waals surface area contributed by atoms with Crippen molar-refractivity contribution in [2.24, 2.45) is 11.7 Å². The zero-order valence-electron chi connectivity index (χ0n) is 10.9. The van der Waals surface area contributed by atoms with Crippen LogP contribution in [0.3, 0.4) is 0 Å². The van der Waals surface area contributed by atoms with Crippen LogP contribution in [0.15, 0.2) is 18.3 Å². The highest BCUT2D eigenvalue weighted by molar-refractivity contribution is 5.94. The number of carbonyl (C=O) groups is 1. The van der Waals surface area contributed by atoms with Crippen molar-refractivity contribution in [3.8, 4) is 0 Å². The summed E-state index contributed by atoms with van der Waals surface area (Å²) in [6.07, 6.45) is 5.18. The fourth-order valence-electron chi connectivity index (χ4n) is 2.06. The minimum atomic E-state index is 0.112. The Labute approximate surface area is 108 Å². The molecule has 1 amide bonds. The largest absolute Gasteiger partial charge is 0.338 e. The second-order valence-corrected chi connectivity index (χ2v) is 4.93. The molecule has 0 atom stereocenters. The van der Waals surface area contributed by atoms with Gasteiger partial charge < -0.3 is 10.6 Å². The van der Waals surface area contributed by atoms with Gasteiger partial charge in [0.2, 0.25) is 0 Å². The molecule has 1 aliphatic carbocycles. The van der Waals surface area contributed by atoms with Gasteiger partial charge in [-0.05, 0) is 37.3 Å². The van der Waals surface area contributed by atoms with Gasteiger partial charge in [-0.15, -0.1) is 0 Å². The predicted octanol–water partition coefficient (Wildman–Crippen LogP) is 1.80. The van der Waals surface area contributed by atoms with E-state index in [4.69, 9.17) is 5.73 Å². The molecule has 98 valence electrons. The summed E-state index contributed by atoms with van der Waals surface area (Å²) in [7, 11) is 0. The lowest BCUT2D eigenvalue weighted by Crippen LogP contribution is -2.33. The topological polar surface area (TPSA) is 59.2 Å². The van der Waals surface area contributed by atoms with Crippen LogP contribution in [0.1, 0.15) is 42.2 Å². The van der Waals surface area contributed by atoms with Crippen LogP contribution >= 0.6 is 0 Å². The highest BCUT2D eigenvalue weighted by Gasteiger charge is 2.26. The molecule has 1 fully saturated rings. The van der Waals surface area contributed by atoms with Crippen molar-refractivity contribution >= 4 is 5.91 Å². The minimum Gasteiger partial charge on any atom is -0.338 e. The lowest BCUT2D eigenvalue weighted by molar-refractivity contribution is 0.0747. The van der Waals surface area contributed by atoms with Crippen LogP contribution in [0.25, 0.3) is 0 Å². The van der Waals surface area contributed by atoms with Crippen molar-refractivity contribution in [3.05, 3.63) is 29.6 Å². The SMILES string of the molecule is CCCN(CC1CC1)C(=O)c1ccnc(CN)c1. The molecule has 2 N–H and O–H groups in total. The molecule has 1 aromatic heterocycles. The van der Waals surface area contributed by atoms with Crippen LogP contribution in [-0.2, 0) is 6.54 Å². The van der Waals surface area contributed by atoms with E-state index in [1.54, 1.807) is 18.3 Å². The summed E-state index contributed by atoms with van der Waals surface area (Å²) in [5.74, 6) is 0.831. The van der Waals surface area contributed by atoms with Gasteiger partial charge in [-0.2, -0.15) is 0 Å². The van der Waals surface area contributed by atoms with Crippen LogP contribution in [0.2, 0.25) is 0 Å². The fraction of sp³-hybridized carbons (Fsp3) is 0.571. The molecule has 1 saturated carbocycles. The first-order chi connectivity index (χ1) is 8.74. The van der Waals surface area contributed by atoms with E-state index >= 15 is 0 Å². The third-order valence-electron chi connectivity index (χ3n) is 3.23. The van der Waals surface area contributed by atoms with E-state index in [9.17, 15) is 4.79 Å². The van der Waals surface area contributed by atoms with Gasteiger partial charge in [0.15, 0.2) is 0 Å². The summed E-state index contributed by atoms with van der Waals surface area (Å²) in [5.41, 5.74) is 7.03. The van der Waals surface area contributed by atoms with E-state index in [-0.39, 0.29) is 5.91 Å². The Morgan fingerprint density at radius 1 is 1.56 bits per heavy atom. The highest BCUT2D eigenvalue weighted by atomic mass is 16.2. The summed E-state index contributed by atoms with van der Waals surface area (Å²) < 4.78 is 0. The number of carbonyl (C=O) groups excluding carboxylic acids is 1. The molecule has 1 aromatic rings. The van der Waals surface area contributed by atoms with Gasteiger partial charge in [0.25, 0.3) is 5.91 Å². The van der Waals surface area contributed by atoms with Crippen molar-refractivity contribution in [3.63, 3.8) is 0 Å². The molecule has 0 radical (unpaired) electrons. The Hall–Kier alpha value is -1.42. The molecule has 1 heterocycles. The molecule has 0 unspecified atom stereocenters. The average molecular weight is 247 g/mol. The summed E-state index contributed by atoms with van der Waals surface area (Å²) in [6, 6.07) is 3.58. The molecule has 4 nitrogen and oxygen atoms in total. The zero-order valence-corrected chi connectivity index (χ0v) is 10.9. The zero-order chi connectivity index (χ0) is 13.0. The molecule has 0 aromatic carbocycles. The maximum atomic E-state index is 12.4. The van der Waals surface area contributed by atoms with Gasteiger partial charge in [0, 0.05) is 31.4 Å². The quantitative estimate of drug-likeness (QED) is 0.834. The molecule has 18 heavy (non-hydrogen) atoms. The van der Waals surface area contributed by atoms with Crippen LogP contribution < -0.4 is 5.73 Å². The number of hydrogen-bond acceptors (Lipinski definition) is 3. The molecule has 1 aliphatic rings. The first-order valence-electron chi connectivity index (χ1n) is 6.69. The number of rotatable bonds is 6. The smallest absolute Gasteiger partial charge is 0.253 e. The average Bonchev–Trinajstić information content (AvgIpc) is 3.21. The summed E-state index contributed by atoms with van der Waals surface area (Å²) in [5, 5.41) is 0. The van der Waals surface area contributed by atoms with Gasteiger partial charge in [0.1, 0.15) is 0 Å². The molecule has 0 spiro atoms. The number of pyridine rings is 1. The van der Waals surface area contributed by atoms with Crippen molar-refractivity contribution < 1.29 is 4.79 Å². The molecular formula is C14H21N3O. The number of aromatic nitrogens is 1. The molecule has 2 rings (SSSR count). The summed E-state index contributed by atoms with van der Waals surface area (Å²) in [4.78, 5) is 18.5. The monoisotopic (exact) mass is 247 g/mol. The lowest BCUT2D eigenvalue weighted by Gasteiger charge is -2.22. The second-order valence-electron chi connectivity index (χ2n) is 4.93. The van der Waals surface area contributed by atoms with Crippen molar-refractivity contribution in [2.75, 3.05) is 13.1 Å². The predicted molar refractivity (Wildman–Crippen MR) is 71.0 cm³/mol. The molecule has 4 heteroatoms. The van der Waals surface area contributed by atoms with E-state index in [2.05, 4.69) is 11.9 Å². The first kappa shape index (κ1) is 13.0. The Balaban J connectivity index is 2.09. The lowest BCUT2D eigenvalue weighted by atomic mass is 10.2. The maximum absolute atomic E-state index is 12.4. The van der Waals surface area contributed by atoms with Crippen molar-refractivity contribution in [1.29, 1.82) is 0 Å². The standard InChI is InChI=1S/C14H21N3O/c1-2-7-17(10-11-3-4-11)14(18)12-5-6-16-13(8-12)9-15/h5-6,8,11H,2-4,7,9-10,15H2,1H3. The van der Waals surface area contributed by atoms with Crippen LogP contribution in [-0.4, -0.2) is 28.9 Å². The normalized spacial score (nSPS) is 14.6. The van der Waals surface area contributed by atoms with Crippen molar-refractivity contribution in [1.82, 2.24) is 9.88 Å². The van der Waals surface area contributed by atoms with E-state index in [1.807, 2.05) is 4.90 Å². The van der Waals surface area contributed by atoms with Crippen LogP contribution in [0, 0.1) is 5.92 Å². The van der Waals surface area contributed by atoms with Gasteiger partial charge in [-0.25, -0.2) is 0 Å². The Kier molecular flexibility index (Phi) is 4.31. The first-order valence-corrected chi connectivity index (χ1v) is 6.69. The van der Waals surface area contributed by atoms with Gasteiger partial charge >= 0.3 is 0 Å². The second kappa shape index (κ2) is 5.96. The van der Waals surface area contributed by atoms with Crippen molar-refractivity contribution in [2.45, 2.75) is 32.7 Å². The third kappa shape index (κ3) is 3.29. The molecule has 0 aliphatic heterocycles. The van der Waals surface area contributed by atoms with E-state index in [0.717, 1.165) is 31.1 Å². The van der Waals surface area contributed by atoms with Gasteiger partial charge in [0.05, 0.1) is 5.69 Å². The van der Waals surface area contributed by atoms with Gasteiger partial charge in [-0.3, -0.25) is 9.78 Å². The molecular weight excluding hydrogens is 226 g/mol. The summed E-state index contributed by atoms with van der Waals surface area (Å²) >= 11 is 0. The van der Waals surface area contributed by atoms with E-state index in [0.29, 0.717) is 12.1 Å². The number of nitrogens with zero attached hydrogens (tertiary/aromatic N) is 2. The molecule has 0 saturated heterocycles. The van der Waals surface area contributed by atoms with E-state index in [1.165, 1.54) is 12.8 Å². The van der Waals surface area contributed by atoms with Gasteiger partial charge in [-0.1, -0.05) is 6.92 Å². The summed E-state index contributed by atoms with van der Waals surface area (Å²) in [6.45, 7) is 4.20. The Bertz CT molecular complexity index is 415. The fourth-order valence-corrected chi connectivity index (χ4v) is 2.06.